The maximum atomic E-state index is 12.2. The van der Waals surface area contributed by atoms with Gasteiger partial charge in [0.1, 0.15) is 0 Å². The summed E-state index contributed by atoms with van der Waals surface area (Å²) in [5.41, 5.74) is 3.59. The molecular weight excluding hydrogens is 296 g/mol. The normalized spacial score (nSPS) is 15.4. The number of hydrogen-bond donors (Lipinski definition) is 0. The van der Waals surface area contributed by atoms with Crippen LogP contribution in [0.15, 0.2) is 59.5 Å². The number of carbonyl (C=O) groups excluding carboxylic acids is 1. The van der Waals surface area contributed by atoms with Crippen molar-refractivity contribution >= 4 is 26.8 Å². The van der Waals surface area contributed by atoms with E-state index in [2.05, 4.69) is 0 Å². The molecule has 0 heterocycles. The highest BCUT2D eigenvalue weighted by molar-refractivity contribution is 7.90. The molecule has 0 aliphatic heterocycles. The van der Waals surface area contributed by atoms with Crippen LogP contribution in [0.2, 0.25) is 0 Å². The van der Waals surface area contributed by atoms with Gasteiger partial charge in [-0.15, -0.1) is 0 Å². The van der Waals surface area contributed by atoms with Gasteiger partial charge in [-0.05, 0) is 35.3 Å². The van der Waals surface area contributed by atoms with Crippen LogP contribution in [-0.2, 0) is 14.6 Å². The fraction of sp³-hybridized carbons (Fsp3) is 0.167. The molecule has 0 radical (unpaired) electrons. The van der Waals surface area contributed by atoms with Crippen molar-refractivity contribution in [1.29, 1.82) is 0 Å². The Morgan fingerprint density at radius 3 is 2.05 bits per heavy atom. The summed E-state index contributed by atoms with van der Waals surface area (Å²) in [7, 11) is -3.20. The Labute approximate surface area is 130 Å². The first kappa shape index (κ1) is 14.7. The summed E-state index contributed by atoms with van der Waals surface area (Å²) in [5.74, 6) is 0.147. The van der Waals surface area contributed by atoms with Crippen LogP contribution in [0.1, 0.15) is 24.0 Å². The largest absolute Gasteiger partial charge is 0.294 e. The quantitative estimate of drug-likeness (QED) is 0.873. The summed E-state index contributed by atoms with van der Waals surface area (Å²) in [6.45, 7) is 0. The predicted octanol–water partition coefficient (Wildman–Crippen LogP) is 3.36. The van der Waals surface area contributed by atoms with Crippen LogP contribution in [0.3, 0.4) is 0 Å². The first-order valence-corrected chi connectivity index (χ1v) is 8.98. The van der Waals surface area contributed by atoms with Crippen LogP contribution in [0.5, 0.6) is 0 Å². The molecule has 4 heteroatoms. The second-order valence-electron chi connectivity index (χ2n) is 5.44. The number of carbonyl (C=O) groups is 1. The number of allylic oxidation sites excluding steroid dienone is 2. The molecule has 0 spiro atoms. The lowest BCUT2D eigenvalue weighted by molar-refractivity contribution is -0.113. The third-order valence-corrected chi connectivity index (χ3v) is 5.00. The topological polar surface area (TPSA) is 51.2 Å². The molecule has 0 bridgehead atoms. The van der Waals surface area contributed by atoms with Crippen molar-refractivity contribution in [2.45, 2.75) is 17.7 Å². The Kier molecular flexibility index (Phi) is 3.71. The lowest BCUT2D eigenvalue weighted by Crippen LogP contribution is -1.97. The van der Waals surface area contributed by atoms with Crippen LogP contribution in [-0.4, -0.2) is 20.5 Å². The first-order valence-electron chi connectivity index (χ1n) is 7.09. The van der Waals surface area contributed by atoms with Gasteiger partial charge in [0.2, 0.25) is 0 Å². The zero-order valence-electron chi connectivity index (χ0n) is 12.2. The standard InChI is InChI=1S/C18H16O3S/c1-22(20,21)15-9-7-13(8-10-15)16-11-12-17(19)18(16)14-5-3-2-4-6-14/h2-10H,11-12H2,1H3. The number of hydrogen-bond acceptors (Lipinski definition) is 3. The van der Waals surface area contributed by atoms with E-state index in [-0.39, 0.29) is 5.78 Å². The van der Waals surface area contributed by atoms with Gasteiger partial charge in [-0.3, -0.25) is 4.79 Å². The molecule has 0 saturated heterocycles. The smallest absolute Gasteiger partial charge is 0.175 e. The van der Waals surface area contributed by atoms with E-state index in [4.69, 9.17) is 0 Å². The van der Waals surface area contributed by atoms with E-state index in [9.17, 15) is 13.2 Å². The molecule has 2 aromatic carbocycles. The number of sulfone groups is 1. The number of Topliss-reactive ketones (excluding diaryl/α,β-unsaturated/α-hetero) is 1. The summed E-state index contributed by atoms with van der Waals surface area (Å²) in [6, 6.07) is 16.4. The van der Waals surface area contributed by atoms with Crippen molar-refractivity contribution in [3.63, 3.8) is 0 Å². The van der Waals surface area contributed by atoms with Crippen molar-refractivity contribution in [1.82, 2.24) is 0 Å². The Hall–Kier alpha value is -2.20. The fourth-order valence-corrected chi connectivity index (χ4v) is 3.42. The zero-order valence-corrected chi connectivity index (χ0v) is 13.1. The average molecular weight is 312 g/mol. The zero-order chi connectivity index (χ0) is 15.7. The van der Waals surface area contributed by atoms with Crippen molar-refractivity contribution < 1.29 is 13.2 Å². The molecule has 2 aromatic rings. The molecule has 0 fully saturated rings. The molecule has 112 valence electrons. The Balaban J connectivity index is 2.09. The molecule has 0 atom stereocenters. The van der Waals surface area contributed by atoms with Crippen molar-refractivity contribution in [3.8, 4) is 0 Å². The van der Waals surface area contributed by atoms with Gasteiger partial charge in [-0.25, -0.2) is 8.42 Å². The van der Waals surface area contributed by atoms with Gasteiger partial charge in [0.25, 0.3) is 0 Å². The van der Waals surface area contributed by atoms with E-state index < -0.39 is 9.84 Å². The molecule has 3 rings (SSSR count). The lowest BCUT2D eigenvalue weighted by Gasteiger charge is -2.08. The van der Waals surface area contributed by atoms with Crippen molar-refractivity contribution in [3.05, 3.63) is 65.7 Å². The maximum Gasteiger partial charge on any atom is 0.175 e. The second-order valence-corrected chi connectivity index (χ2v) is 7.46. The highest BCUT2D eigenvalue weighted by Gasteiger charge is 2.25. The minimum atomic E-state index is -3.20. The molecule has 0 unspecified atom stereocenters. The SMILES string of the molecule is CS(=O)(=O)c1ccc(C2=C(c3ccccc3)C(=O)CC2)cc1. The third kappa shape index (κ3) is 2.74. The molecule has 1 aliphatic rings. The van der Waals surface area contributed by atoms with Crippen LogP contribution in [0.4, 0.5) is 0 Å². The predicted molar refractivity (Wildman–Crippen MR) is 87.0 cm³/mol. The molecule has 0 saturated carbocycles. The highest BCUT2D eigenvalue weighted by Crippen LogP contribution is 2.37. The first-order chi connectivity index (χ1) is 10.5. The maximum absolute atomic E-state index is 12.2. The summed E-state index contributed by atoms with van der Waals surface area (Å²) in [6.07, 6.45) is 2.39. The van der Waals surface area contributed by atoms with Crippen LogP contribution >= 0.6 is 0 Å². The number of ketones is 1. The van der Waals surface area contributed by atoms with Crippen LogP contribution in [0, 0.1) is 0 Å². The minimum absolute atomic E-state index is 0.147. The Bertz CT molecular complexity index is 845. The van der Waals surface area contributed by atoms with Gasteiger partial charge in [-0.2, -0.15) is 0 Å². The van der Waals surface area contributed by atoms with Gasteiger partial charge in [-0.1, -0.05) is 42.5 Å². The molecular formula is C18H16O3S. The van der Waals surface area contributed by atoms with Crippen molar-refractivity contribution in [2.75, 3.05) is 6.26 Å². The van der Waals surface area contributed by atoms with E-state index in [1.54, 1.807) is 24.3 Å². The summed E-state index contributed by atoms with van der Waals surface area (Å²) in [4.78, 5) is 12.5. The molecule has 3 nitrogen and oxygen atoms in total. The van der Waals surface area contributed by atoms with E-state index in [1.807, 2.05) is 30.3 Å². The van der Waals surface area contributed by atoms with E-state index in [1.165, 1.54) is 6.26 Å². The Morgan fingerprint density at radius 2 is 1.45 bits per heavy atom. The van der Waals surface area contributed by atoms with Crippen LogP contribution in [0.25, 0.3) is 11.1 Å². The number of rotatable bonds is 3. The fourth-order valence-electron chi connectivity index (χ4n) is 2.79. The highest BCUT2D eigenvalue weighted by atomic mass is 32.2. The average Bonchev–Trinajstić information content (AvgIpc) is 2.89. The van der Waals surface area contributed by atoms with Gasteiger partial charge in [0.15, 0.2) is 15.6 Å². The monoisotopic (exact) mass is 312 g/mol. The molecule has 1 aliphatic carbocycles. The van der Waals surface area contributed by atoms with Gasteiger partial charge >= 0.3 is 0 Å². The van der Waals surface area contributed by atoms with E-state index >= 15 is 0 Å². The van der Waals surface area contributed by atoms with Gasteiger partial charge in [0.05, 0.1) is 4.90 Å². The third-order valence-electron chi connectivity index (χ3n) is 3.88. The minimum Gasteiger partial charge on any atom is -0.294 e. The molecule has 0 aromatic heterocycles. The lowest BCUT2D eigenvalue weighted by atomic mass is 9.97. The Morgan fingerprint density at radius 1 is 0.818 bits per heavy atom. The summed E-state index contributed by atoms with van der Waals surface area (Å²) >= 11 is 0. The molecule has 0 amide bonds. The van der Waals surface area contributed by atoms with Gasteiger partial charge in [0, 0.05) is 18.2 Å². The second kappa shape index (κ2) is 5.54. The summed E-state index contributed by atoms with van der Waals surface area (Å²) in [5, 5.41) is 0. The number of benzene rings is 2. The van der Waals surface area contributed by atoms with Crippen molar-refractivity contribution in [2.24, 2.45) is 0 Å². The summed E-state index contributed by atoms with van der Waals surface area (Å²) < 4.78 is 23.1. The molecule has 22 heavy (non-hydrogen) atoms. The van der Waals surface area contributed by atoms with Crippen LogP contribution < -0.4 is 0 Å². The van der Waals surface area contributed by atoms with E-state index in [0.29, 0.717) is 17.7 Å². The molecule has 0 N–H and O–H groups in total. The van der Waals surface area contributed by atoms with Gasteiger partial charge < -0.3 is 0 Å². The van der Waals surface area contributed by atoms with E-state index in [0.717, 1.165) is 22.3 Å².